The van der Waals surface area contributed by atoms with Gasteiger partial charge >= 0.3 is 0 Å². The summed E-state index contributed by atoms with van der Waals surface area (Å²) in [5.41, 5.74) is 1.17. The first-order valence-electron chi connectivity index (χ1n) is 4.21. The van der Waals surface area contributed by atoms with E-state index in [0.717, 1.165) is 16.8 Å². The van der Waals surface area contributed by atoms with Crippen LogP contribution in [0, 0.1) is 12.3 Å². The average Bonchev–Trinajstić information content (AvgIpc) is 2.54. The number of hydrogen-bond donors (Lipinski definition) is 1. The molecule has 1 N–H and O–H groups in total. The van der Waals surface area contributed by atoms with Crippen molar-refractivity contribution in [2.45, 2.75) is 19.4 Å². The summed E-state index contributed by atoms with van der Waals surface area (Å²) < 4.78 is 1.13. The van der Waals surface area contributed by atoms with Crippen LogP contribution in [0.2, 0.25) is 0 Å². The van der Waals surface area contributed by atoms with E-state index in [1.54, 1.807) is 11.3 Å². The van der Waals surface area contributed by atoms with Gasteiger partial charge in [-0.15, -0.1) is 17.8 Å². The third-order valence-corrected chi connectivity index (χ3v) is 3.21. The number of terminal acetylenes is 1. The minimum Gasteiger partial charge on any atom is -0.300 e. The van der Waals surface area contributed by atoms with Crippen molar-refractivity contribution in [3.63, 3.8) is 0 Å². The van der Waals surface area contributed by atoms with Gasteiger partial charge in [-0.05, 0) is 45.9 Å². The average molecular weight is 258 g/mol. The van der Waals surface area contributed by atoms with Gasteiger partial charge in [-0.1, -0.05) is 12.8 Å². The van der Waals surface area contributed by atoms with Gasteiger partial charge in [-0.2, -0.15) is 0 Å². The molecule has 0 bridgehead atoms. The van der Waals surface area contributed by atoms with Crippen LogP contribution in [-0.4, -0.2) is 6.54 Å². The second-order valence-electron chi connectivity index (χ2n) is 2.74. The highest BCUT2D eigenvalue weighted by atomic mass is 79.9. The van der Waals surface area contributed by atoms with E-state index >= 15 is 0 Å². The second kappa shape index (κ2) is 5.43. The largest absolute Gasteiger partial charge is 0.300 e. The fourth-order valence-electron chi connectivity index (χ4n) is 1.04. The van der Waals surface area contributed by atoms with E-state index < -0.39 is 0 Å². The Labute approximate surface area is 91.7 Å². The molecule has 13 heavy (non-hydrogen) atoms. The lowest BCUT2D eigenvalue weighted by Crippen LogP contribution is -2.19. The number of rotatable bonds is 4. The molecule has 1 atom stereocenters. The van der Waals surface area contributed by atoms with Gasteiger partial charge in [0.2, 0.25) is 0 Å². The molecule has 0 aromatic carbocycles. The van der Waals surface area contributed by atoms with Crippen molar-refractivity contribution >= 4 is 27.3 Å². The molecular formula is C10H12BrNS. The van der Waals surface area contributed by atoms with Crippen molar-refractivity contribution in [2.24, 2.45) is 0 Å². The van der Waals surface area contributed by atoms with E-state index in [4.69, 9.17) is 6.42 Å². The molecule has 1 rings (SSSR count). The molecule has 0 aliphatic heterocycles. The summed E-state index contributed by atoms with van der Waals surface area (Å²) in [6.07, 6.45) is 6.53. The zero-order valence-corrected chi connectivity index (χ0v) is 9.91. The predicted molar refractivity (Wildman–Crippen MR) is 61.9 cm³/mol. The normalized spacial score (nSPS) is 12.4. The molecule has 0 radical (unpaired) electrons. The van der Waals surface area contributed by atoms with Gasteiger partial charge in [0.1, 0.15) is 0 Å². The van der Waals surface area contributed by atoms with Gasteiger partial charge in [0.05, 0.1) is 9.83 Å². The van der Waals surface area contributed by atoms with Crippen molar-refractivity contribution < 1.29 is 0 Å². The summed E-state index contributed by atoms with van der Waals surface area (Å²) in [5.74, 6) is 2.74. The monoisotopic (exact) mass is 257 g/mol. The highest BCUT2D eigenvalue weighted by molar-refractivity contribution is 9.11. The van der Waals surface area contributed by atoms with Crippen LogP contribution in [0.5, 0.6) is 0 Å². The SMILES string of the molecule is C#CC(NCCC)c1csc(Br)c1. The fraction of sp³-hybridized carbons (Fsp3) is 0.400. The molecule has 0 amide bonds. The standard InChI is InChI=1S/C10H12BrNS/c1-3-5-12-9(4-2)8-6-10(11)13-7-8/h2,6-7,9,12H,3,5H2,1H3. The molecule has 1 aromatic heterocycles. The molecule has 0 fully saturated rings. The third kappa shape index (κ3) is 3.15. The third-order valence-electron chi connectivity index (χ3n) is 1.69. The van der Waals surface area contributed by atoms with Crippen molar-refractivity contribution in [1.82, 2.24) is 5.32 Å². The summed E-state index contributed by atoms with van der Waals surface area (Å²) in [6.45, 7) is 3.09. The Morgan fingerprint density at radius 3 is 3.00 bits per heavy atom. The van der Waals surface area contributed by atoms with E-state index in [9.17, 15) is 0 Å². The van der Waals surface area contributed by atoms with Gasteiger partial charge in [0.15, 0.2) is 0 Å². The molecule has 1 heterocycles. The lowest BCUT2D eigenvalue weighted by Gasteiger charge is -2.09. The lowest BCUT2D eigenvalue weighted by molar-refractivity contribution is 0.628. The zero-order valence-electron chi connectivity index (χ0n) is 7.51. The topological polar surface area (TPSA) is 12.0 Å². The number of halogens is 1. The van der Waals surface area contributed by atoms with Gasteiger partial charge in [-0.3, -0.25) is 5.32 Å². The van der Waals surface area contributed by atoms with E-state index in [1.165, 1.54) is 5.56 Å². The molecule has 1 nitrogen and oxygen atoms in total. The van der Waals surface area contributed by atoms with Crippen molar-refractivity contribution in [1.29, 1.82) is 0 Å². The maximum atomic E-state index is 5.43. The maximum absolute atomic E-state index is 5.43. The molecule has 1 unspecified atom stereocenters. The van der Waals surface area contributed by atoms with Crippen molar-refractivity contribution in [3.05, 3.63) is 20.8 Å². The molecule has 0 saturated heterocycles. The van der Waals surface area contributed by atoms with Crippen molar-refractivity contribution in [3.8, 4) is 12.3 Å². The first-order chi connectivity index (χ1) is 6.27. The number of nitrogens with one attached hydrogen (secondary N) is 1. The first kappa shape index (κ1) is 10.8. The minimum absolute atomic E-state index is 0.0579. The van der Waals surface area contributed by atoms with Crippen LogP contribution in [0.1, 0.15) is 24.9 Å². The van der Waals surface area contributed by atoms with Crippen LogP contribution in [0.15, 0.2) is 15.2 Å². The predicted octanol–water partition coefficient (Wildman–Crippen LogP) is 3.18. The Hall–Kier alpha value is -0.300. The van der Waals surface area contributed by atoms with Crippen LogP contribution < -0.4 is 5.32 Å². The summed E-state index contributed by atoms with van der Waals surface area (Å²) in [5, 5.41) is 5.38. The smallest absolute Gasteiger partial charge is 0.0951 e. The second-order valence-corrected chi connectivity index (χ2v) is 5.03. The molecule has 0 saturated carbocycles. The van der Waals surface area contributed by atoms with Crippen LogP contribution >= 0.6 is 27.3 Å². The Bertz CT molecular complexity index is 300. The number of hydrogen-bond acceptors (Lipinski definition) is 2. The summed E-state index contributed by atoms with van der Waals surface area (Å²) in [4.78, 5) is 0. The van der Waals surface area contributed by atoms with Crippen LogP contribution in [0.4, 0.5) is 0 Å². The molecule has 0 aliphatic carbocycles. The minimum atomic E-state index is 0.0579. The van der Waals surface area contributed by atoms with Gasteiger partial charge in [0, 0.05) is 0 Å². The zero-order chi connectivity index (χ0) is 9.68. The molecular weight excluding hydrogens is 246 g/mol. The highest BCUT2D eigenvalue weighted by Gasteiger charge is 2.08. The Morgan fingerprint density at radius 1 is 1.77 bits per heavy atom. The van der Waals surface area contributed by atoms with E-state index in [0.29, 0.717) is 0 Å². The molecule has 0 spiro atoms. The summed E-state index contributed by atoms with van der Waals surface area (Å²) in [7, 11) is 0. The molecule has 70 valence electrons. The van der Waals surface area contributed by atoms with Crippen LogP contribution in [0.25, 0.3) is 0 Å². The quantitative estimate of drug-likeness (QED) is 0.818. The number of thiophene rings is 1. The maximum Gasteiger partial charge on any atom is 0.0951 e. The molecule has 1 aromatic rings. The van der Waals surface area contributed by atoms with E-state index in [2.05, 4.69) is 45.5 Å². The fourth-order valence-corrected chi connectivity index (χ4v) is 2.24. The van der Waals surface area contributed by atoms with Gasteiger partial charge in [-0.25, -0.2) is 0 Å². The van der Waals surface area contributed by atoms with Gasteiger partial charge in [0.25, 0.3) is 0 Å². The highest BCUT2D eigenvalue weighted by Crippen LogP contribution is 2.24. The van der Waals surface area contributed by atoms with Crippen molar-refractivity contribution in [2.75, 3.05) is 6.54 Å². The molecule has 0 aliphatic rings. The van der Waals surface area contributed by atoms with Gasteiger partial charge < -0.3 is 0 Å². The van der Waals surface area contributed by atoms with Crippen LogP contribution in [-0.2, 0) is 0 Å². The first-order valence-corrected chi connectivity index (χ1v) is 5.88. The Kier molecular flexibility index (Phi) is 4.51. The summed E-state index contributed by atoms with van der Waals surface area (Å²) >= 11 is 5.08. The Balaban J connectivity index is 2.63. The van der Waals surface area contributed by atoms with E-state index in [1.807, 2.05) is 0 Å². The van der Waals surface area contributed by atoms with E-state index in [-0.39, 0.29) is 6.04 Å². The molecule has 3 heteroatoms. The van der Waals surface area contributed by atoms with Crippen LogP contribution in [0.3, 0.4) is 0 Å². The summed E-state index contributed by atoms with van der Waals surface area (Å²) in [6, 6.07) is 2.13. The lowest BCUT2D eigenvalue weighted by atomic mass is 10.1. The Morgan fingerprint density at radius 2 is 2.54 bits per heavy atom.